The fourth-order valence-corrected chi connectivity index (χ4v) is 2.67. The predicted octanol–water partition coefficient (Wildman–Crippen LogP) is 1.59. The van der Waals surface area contributed by atoms with Gasteiger partial charge in [0.1, 0.15) is 6.10 Å². The normalized spacial score (nSPS) is 21.8. The lowest BCUT2D eigenvalue weighted by molar-refractivity contribution is -0.386. The fraction of sp³-hybridized carbons (Fsp3) is 0.500. The van der Waals surface area contributed by atoms with Gasteiger partial charge in [-0.15, -0.1) is 0 Å². The maximum absolute atomic E-state index is 11.1. The molecule has 0 bridgehead atoms. The van der Waals surface area contributed by atoms with Crippen LogP contribution in [0.15, 0.2) is 18.2 Å². The van der Waals surface area contributed by atoms with Crippen LogP contribution in [0.2, 0.25) is 0 Å². The minimum Gasteiger partial charge on any atom is -0.483 e. The van der Waals surface area contributed by atoms with Crippen LogP contribution in [-0.4, -0.2) is 23.5 Å². The van der Waals surface area contributed by atoms with Gasteiger partial charge in [0, 0.05) is 17.5 Å². The molecule has 1 aromatic rings. The Labute approximate surface area is 122 Å². The molecule has 21 heavy (non-hydrogen) atoms. The van der Waals surface area contributed by atoms with Gasteiger partial charge in [0.2, 0.25) is 5.91 Å². The van der Waals surface area contributed by atoms with Gasteiger partial charge in [-0.3, -0.25) is 14.9 Å². The van der Waals surface area contributed by atoms with Crippen molar-refractivity contribution < 1.29 is 14.5 Å². The van der Waals surface area contributed by atoms with Crippen molar-refractivity contribution in [1.29, 1.82) is 0 Å². The molecule has 7 nitrogen and oxygen atoms in total. The molecule has 0 spiro atoms. The van der Waals surface area contributed by atoms with E-state index < -0.39 is 10.8 Å². The van der Waals surface area contributed by atoms with E-state index in [1.807, 2.05) is 0 Å². The molecule has 1 fully saturated rings. The zero-order valence-electron chi connectivity index (χ0n) is 11.7. The zero-order valence-corrected chi connectivity index (χ0v) is 11.7. The smallest absolute Gasteiger partial charge is 0.311 e. The lowest BCUT2D eigenvalue weighted by atomic mass is 9.86. The SMILES string of the molecule is NCC1CCCCC1Oc1ccc(C(N)=O)cc1[N+](=O)[O-]. The maximum atomic E-state index is 11.1. The molecule has 2 rings (SSSR count). The molecule has 0 heterocycles. The van der Waals surface area contributed by atoms with E-state index in [4.69, 9.17) is 16.2 Å². The van der Waals surface area contributed by atoms with Crippen LogP contribution < -0.4 is 16.2 Å². The third kappa shape index (κ3) is 3.49. The summed E-state index contributed by atoms with van der Waals surface area (Å²) in [6.45, 7) is 0.498. The Bertz CT molecular complexity index is 547. The number of hydrogen-bond donors (Lipinski definition) is 2. The number of nitrogens with zero attached hydrogens (tertiary/aromatic N) is 1. The Morgan fingerprint density at radius 2 is 2.10 bits per heavy atom. The molecular formula is C14H19N3O4. The van der Waals surface area contributed by atoms with Crippen molar-refractivity contribution in [3.63, 3.8) is 0 Å². The Morgan fingerprint density at radius 1 is 1.38 bits per heavy atom. The quantitative estimate of drug-likeness (QED) is 0.630. The summed E-state index contributed by atoms with van der Waals surface area (Å²) in [6.07, 6.45) is 3.80. The average molecular weight is 293 g/mol. The summed E-state index contributed by atoms with van der Waals surface area (Å²) in [4.78, 5) is 21.7. The minimum atomic E-state index is -0.706. The van der Waals surface area contributed by atoms with Crippen molar-refractivity contribution in [3.05, 3.63) is 33.9 Å². The maximum Gasteiger partial charge on any atom is 0.311 e. The van der Waals surface area contributed by atoms with Crippen LogP contribution in [0.1, 0.15) is 36.0 Å². The first-order valence-corrected chi connectivity index (χ1v) is 6.98. The van der Waals surface area contributed by atoms with Gasteiger partial charge in [-0.1, -0.05) is 6.42 Å². The van der Waals surface area contributed by atoms with Crippen molar-refractivity contribution in [3.8, 4) is 5.75 Å². The molecule has 0 aromatic heterocycles. The molecule has 2 unspecified atom stereocenters. The molecule has 1 amide bonds. The van der Waals surface area contributed by atoms with Crippen LogP contribution in [0, 0.1) is 16.0 Å². The highest BCUT2D eigenvalue weighted by atomic mass is 16.6. The van der Waals surface area contributed by atoms with Crippen molar-refractivity contribution in [2.75, 3.05) is 6.54 Å². The number of nitro benzene ring substituents is 1. The first-order chi connectivity index (χ1) is 10.0. The summed E-state index contributed by atoms with van der Waals surface area (Å²) in [6, 6.07) is 4.02. The van der Waals surface area contributed by atoms with Gasteiger partial charge < -0.3 is 16.2 Å². The minimum absolute atomic E-state index is 0.0908. The Hall–Kier alpha value is -2.15. The van der Waals surface area contributed by atoms with Crippen LogP contribution >= 0.6 is 0 Å². The third-order valence-corrected chi connectivity index (χ3v) is 3.86. The number of ether oxygens (including phenoxy) is 1. The van der Waals surface area contributed by atoms with Crippen molar-refractivity contribution in [1.82, 2.24) is 0 Å². The monoisotopic (exact) mass is 293 g/mol. The number of primary amides is 1. The largest absolute Gasteiger partial charge is 0.483 e. The number of carbonyl (C=O) groups is 1. The molecule has 4 N–H and O–H groups in total. The number of amides is 1. The number of hydrogen-bond acceptors (Lipinski definition) is 5. The number of benzene rings is 1. The molecule has 1 aliphatic carbocycles. The Kier molecular flexibility index (Phi) is 4.74. The summed E-state index contributed by atoms with van der Waals surface area (Å²) < 4.78 is 5.81. The second kappa shape index (κ2) is 6.53. The summed E-state index contributed by atoms with van der Waals surface area (Å²) in [5, 5.41) is 11.1. The third-order valence-electron chi connectivity index (χ3n) is 3.86. The van der Waals surface area contributed by atoms with Crippen LogP contribution in [0.25, 0.3) is 0 Å². The van der Waals surface area contributed by atoms with Gasteiger partial charge in [0.05, 0.1) is 4.92 Å². The number of nitro groups is 1. The van der Waals surface area contributed by atoms with E-state index >= 15 is 0 Å². The lowest BCUT2D eigenvalue weighted by Gasteiger charge is -2.30. The topological polar surface area (TPSA) is 121 Å². The molecule has 0 saturated heterocycles. The van der Waals surface area contributed by atoms with E-state index in [1.165, 1.54) is 12.1 Å². The van der Waals surface area contributed by atoms with E-state index in [0.29, 0.717) is 6.54 Å². The number of nitrogens with two attached hydrogens (primary N) is 2. The lowest BCUT2D eigenvalue weighted by Crippen LogP contribution is -2.35. The van der Waals surface area contributed by atoms with Crippen molar-refractivity contribution >= 4 is 11.6 Å². The first kappa shape index (κ1) is 15.2. The molecule has 2 atom stereocenters. The van der Waals surface area contributed by atoms with E-state index in [1.54, 1.807) is 0 Å². The van der Waals surface area contributed by atoms with Crippen LogP contribution in [0.3, 0.4) is 0 Å². The standard InChI is InChI=1S/C14H19N3O4/c15-8-10-3-1-2-4-12(10)21-13-6-5-9(14(16)18)7-11(13)17(19)20/h5-7,10,12H,1-4,8,15H2,(H2,16,18). The van der Waals surface area contributed by atoms with Crippen molar-refractivity contribution in [2.24, 2.45) is 17.4 Å². The van der Waals surface area contributed by atoms with Crippen LogP contribution in [0.5, 0.6) is 5.75 Å². The van der Waals surface area contributed by atoms with Crippen LogP contribution in [-0.2, 0) is 0 Å². The average Bonchev–Trinajstić information content (AvgIpc) is 2.47. The highest BCUT2D eigenvalue weighted by Crippen LogP contribution is 2.33. The highest BCUT2D eigenvalue weighted by molar-refractivity contribution is 5.93. The molecule has 1 aliphatic rings. The van der Waals surface area contributed by atoms with Crippen LogP contribution in [0.4, 0.5) is 5.69 Å². The molecule has 114 valence electrons. The van der Waals surface area contributed by atoms with Gasteiger partial charge >= 0.3 is 5.69 Å². The predicted molar refractivity (Wildman–Crippen MR) is 77.0 cm³/mol. The fourth-order valence-electron chi connectivity index (χ4n) is 2.67. The van der Waals surface area contributed by atoms with Gasteiger partial charge in [0.15, 0.2) is 5.75 Å². The second-order valence-electron chi connectivity index (χ2n) is 5.24. The van der Waals surface area contributed by atoms with E-state index in [-0.39, 0.29) is 29.0 Å². The summed E-state index contributed by atoms with van der Waals surface area (Å²) in [7, 11) is 0. The zero-order chi connectivity index (χ0) is 15.4. The summed E-state index contributed by atoms with van der Waals surface area (Å²) >= 11 is 0. The molecule has 1 saturated carbocycles. The molecule has 0 radical (unpaired) electrons. The number of carbonyl (C=O) groups excluding carboxylic acids is 1. The number of rotatable bonds is 5. The molecular weight excluding hydrogens is 274 g/mol. The Morgan fingerprint density at radius 3 is 2.71 bits per heavy atom. The summed E-state index contributed by atoms with van der Waals surface area (Å²) in [5.74, 6) is -0.341. The van der Waals surface area contributed by atoms with Gasteiger partial charge in [-0.25, -0.2) is 0 Å². The Balaban J connectivity index is 2.26. The van der Waals surface area contributed by atoms with E-state index in [9.17, 15) is 14.9 Å². The summed E-state index contributed by atoms with van der Waals surface area (Å²) in [5.41, 5.74) is 10.7. The van der Waals surface area contributed by atoms with Crippen molar-refractivity contribution in [2.45, 2.75) is 31.8 Å². The van der Waals surface area contributed by atoms with Gasteiger partial charge in [-0.2, -0.15) is 0 Å². The van der Waals surface area contributed by atoms with Gasteiger partial charge in [-0.05, 0) is 37.9 Å². The van der Waals surface area contributed by atoms with E-state index in [2.05, 4.69) is 0 Å². The highest BCUT2D eigenvalue weighted by Gasteiger charge is 2.28. The van der Waals surface area contributed by atoms with E-state index in [0.717, 1.165) is 31.7 Å². The second-order valence-corrected chi connectivity index (χ2v) is 5.24. The molecule has 1 aromatic carbocycles. The molecule has 7 heteroatoms. The first-order valence-electron chi connectivity index (χ1n) is 6.98. The molecule has 0 aliphatic heterocycles. The van der Waals surface area contributed by atoms with Gasteiger partial charge in [0.25, 0.3) is 0 Å².